The molecular formula is C14H14NOP. The van der Waals surface area contributed by atoms with Gasteiger partial charge in [0.05, 0.1) is 5.45 Å². The van der Waals surface area contributed by atoms with E-state index in [-0.39, 0.29) is 5.45 Å². The summed E-state index contributed by atoms with van der Waals surface area (Å²) in [4.78, 5) is 0. The van der Waals surface area contributed by atoms with Gasteiger partial charge in [0.25, 0.3) is 0 Å². The number of hydrogen-bond acceptors (Lipinski definition) is 2. The van der Waals surface area contributed by atoms with Gasteiger partial charge >= 0.3 is 0 Å². The molecule has 0 fully saturated rings. The van der Waals surface area contributed by atoms with Gasteiger partial charge in [-0.05, 0) is 6.92 Å². The third-order valence-electron chi connectivity index (χ3n) is 2.71. The minimum Gasteiger partial charge on any atom is -0.307 e. The largest absolute Gasteiger partial charge is 0.307 e. The van der Waals surface area contributed by atoms with E-state index in [2.05, 4.69) is 0 Å². The monoisotopic (exact) mass is 243 g/mol. The standard InChI is InChI=1S/C14H14NOP/c1-12(15)17(16,13-8-4-2-5-9-13)14-10-6-3-7-11-14/h2-11,15H,1H3. The van der Waals surface area contributed by atoms with Gasteiger partial charge in [0.2, 0.25) is 0 Å². The lowest BCUT2D eigenvalue weighted by atomic mass is 10.4. The van der Waals surface area contributed by atoms with Gasteiger partial charge in [-0.2, -0.15) is 0 Å². The summed E-state index contributed by atoms with van der Waals surface area (Å²) < 4.78 is 13.1. The van der Waals surface area contributed by atoms with Crippen LogP contribution in [0.4, 0.5) is 0 Å². The van der Waals surface area contributed by atoms with E-state index in [4.69, 9.17) is 5.41 Å². The van der Waals surface area contributed by atoms with Crippen LogP contribution in [-0.2, 0) is 4.57 Å². The van der Waals surface area contributed by atoms with E-state index in [1.165, 1.54) is 0 Å². The highest BCUT2D eigenvalue weighted by Gasteiger charge is 2.29. The van der Waals surface area contributed by atoms with Crippen LogP contribution in [0.2, 0.25) is 0 Å². The van der Waals surface area contributed by atoms with Crippen LogP contribution in [0.25, 0.3) is 0 Å². The Morgan fingerprint density at radius 3 is 1.53 bits per heavy atom. The fourth-order valence-corrected chi connectivity index (χ4v) is 4.07. The minimum atomic E-state index is -2.91. The van der Waals surface area contributed by atoms with Crippen molar-refractivity contribution in [2.24, 2.45) is 0 Å². The van der Waals surface area contributed by atoms with Crippen LogP contribution in [0, 0.1) is 5.41 Å². The molecule has 86 valence electrons. The van der Waals surface area contributed by atoms with Crippen molar-refractivity contribution in [2.75, 3.05) is 0 Å². The molecule has 3 heteroatoms. The van der Waals surface area contributed by atoms with Crippen molar-refractivity contribution in [3.8, 4) is 0 Å². The molecule has 0 spiro atoms. The molecule has 0 bridgehead atoms. The Balaban J connectivity index is 2.64. The van der Waals surface area contributed by atoms with Crippen molar-refractivity contribution in [1.29, 1.82) is 5.41 Å². The van der Waals surface area contributed by atoms with Gasteiger partial charge in [0, 0.05) is 10.6 Å². The Labute approximate surface area is 101 Å². The second-order valence-corrected chi connectivity index (χ2v) is 6.79. The van der Waals surface area contributed by atoms with Crippen molar-refractivity contribution < 1.29 is 4.57 Å². The molecule has 2 aromatic rings. The van der Waals surface area contributed by atoms with Gasteiger partial charge in [-0.3, -0.25) is 0 Å². The van der Waals surface area contributed by atoms with Crippen molar-refractivity contribution >= 4 is 23.2 Å². The van der Waals surface area contributed by atoms with Gasteiger partial charge in [-0.25, -0.2) is 0 Å². The first-order valence-corrected chi connectivity index (χ1v) is 7.13. The quantitative estimate of drug-likeness (QED) is 0.653. The minimum absolute atomic E-state index is 0.218. The number of benzene rings is 2. The van der Waals surface area contributed by atoms with Crippen LogP contribution < -0.4 is 10.6 Å². The van der Waals surface area contributed by atoms with Crippen LogP contribution in [0.1, 0.15) is 6.92 Å². The first-order valence-electron chi connectivity index (χ1n) is 5.42. The fourth-order valence-electron chi connectivity index (χ4n) is 1.81. The van der Waals surface area contributed by atoms with E-state index in [0.29, 0.717) is 0 Å². The second-order valence-electron chi connectivity index (χ2n) is 3.87. The molecule has 0 unspecified atom stereocenters. The Morgan fingerprint density at radius 2 is 1.24 bits per heavy atom. The molecule has 0 saturated carbocycles. The second kappa shape index (κ2) is 4.68. The first-order chi connectivity index (χ1) is 8.15. The zero-order valence-corrected chi connectivity index (χ0v) is 10.5. The number of rotatable bonds is 3. The summed E-state index contributed by atoms with van der Waals surface area (Å²) in [6, 6.07) is 18.5. The fraction of sp³-hybridized carbons (Fsp3) is 0.0714. The van der Waals surface area contributed by atoms with Gasteiger partial charge in [0.1, 0.15) is 0 Å². The number of nitrogens with one attached hydrogen (secondary N) is 1. The summed E-state index contributed by atoms with van der Waals surface area (Å²) in [7, 11) is -2.91. The maximum absolute atomic E-state index is 13.1. The Morgan fingerprint density at radius 1 is 0.882 bits per heavy atom. The highest BCUT2D eigenvalue weighted by molar-refractivity contribution is 7.93. The lowest BCUT2D eigenvalue weighted by Crippen LogP contribution is -2.20. The zero-order chi connectivity index (χ0) is 12.3. The molecule has 0 aliphatic heterocycles. The molecule has 0 atom stereocenters. The Hall–Kier alpha value is -1.66. The average molecular weight is 243 g/mol. The summed E-state index contributed by atoms with van der Waals surface area (Å²) in [5, 5.41) is 9.30. The third kappa shape index (κ3) is 2.09. The molecule has 0 amide bonds. The van der Waals surface area contributed by atoms with Crippen molar-refractivity contribution in [3.63, 3.8) is 0 Å². The average Bonchev–Trinajstić information content (AvgIpc) is 2.39. The van der Waals surface area contributed by atoms with Crippen molar-refractivity contribution in [2.45, 2.75) is 6.92 Å². The predicted octanol–water partition coefficient (Wildman–Crippen LogP) is 3.00. The molecule has 0 aliphatic carbocycles. The predicted molar refractivity (Wildman–Crippen MR) is 73.2 cm³/mol. The summed E-state index contributed by atoms with van der Waals surface area (Å²) in [5.41, 5.74) is 0.218. The lowest BCUT2D eigenvalue weighted by Gasteiger charge is -2.17. The topological polar surface area (TPSA) is 40.9 Å². The van der Waals surface area contributed by atoms with Crippen LogP contribution >= 0.6 is 7.14 Å². The summed E-state index contributed by atoms with van der Waals surface area (Å²) in [5.74, 6) is 0. The summed E-state index contributed by atoms with van der Waals surface area (Å²) in [6.45, 7) is 1.61. The molecule has 0 aromatic heterocycles. The Bertz CT molecular complexity index is 520. The van der Waals surface area contributed by atoms with E-state index in [1.807, 2.05) is 60.7 Å². The molecule has 2 aromatic carbocycles. The van der Waals surface area contributed by atoms with E-state index < -0.39 is 7.14 Å². The lowest BCUT2D eigenvalue weighted by molar-refractivity contribution is 0.593. The summed E-state index contributed by atoms with van der Waals surface area (Å²) in [6.07, 6.45) is 0. The molecule has 2 rings (SSSR count). The van der Waals surface area contributed by atoms with Crippen LogP contribution in [0.15, 0.2) is 60.7 Å². The van der Waals surface area contributed by atoms with Gasteiger partial charge in [-0.1, -0.05) is 60.7 Å². The third-order valence-corrected chi connectivity index (χ3v) is 5.71. The van der Waals surface area contributed by atoms with E-state index in [9.17, 15) is 4.57 Å². The van der Waals surface area contributed by atoms with E-state index in [1.54, 1.807) is 6.92 Å². The van der Waals surface area contributed by atoms with Crippen molar-refractivity contribution in [3.05, 3.63) is 60.7 Å². The van der Waals surface area contributed by atoms with E-state index in [0.717, 1.165) is 10.6 Å². The number of hydrogen-bond donors (Lipinski definition) is 1. The Kier molecular flexibility index (Phi) is 3.26. The zero-order valence-electron chi connectivity index (χ0n) is 9.63. The van der Waals surface area contributed by atoms with Gasteiger partial charge < -0.3 is 9.97 Å². The highest BCUT2D eigenvalue weighted by Crippen LogP contribution is 2.43. The molecule has 17 heavy (non-hydrogen) atoms. The van der Waals surface area contributed by atoms with Gasteiger partial charge in [0.15, 0.2) is 7.14 Å². The van der Waals surface area contributed by atoms with E-state index >= 15 is 0 Å². The van der Waals surface area contributed by atoms with Crippen LogP contribution in [-0.4, -0.2) is 5.45 Å². The molecule has 0 heterocycles. The molecule has 2 nitrogen and oxygen atoms in total. The molecule has 0 aliphatic rings. The SMILES string of the molecule is CC(=N)P(=O)(c1ccccc1)c1ccccc1. The van der Waals surface area contributed by atoms with Crippen LogP contribution in [0.5, 0.6) is 0 Å². The maximum Gasteiger partial charge on any atom is 0.183 e. The van der Waals surface area contributed by atoms with Crippen molar-refractivity contribution in [1.82, 2.24) is 0 Å². The normalized spacial score (nSPS) is 11.1. The first kappa shape index (κ1) is 11.8. The molecule has 0 radical (unpaired) electrons. The molecular weight excluding hydrogens is 229 g/mol. The van der Waals surface area contributed by atoms with Crippen LogP contribution in [0.3, 0.4) is 0 Å². The molecule has 1 N–H and O–H groups in total. The smallest absolute Gasteiger partial charge is 0.183 e. The molecule has 0 saturated heterocycles. The maximum atomic E-state index is 13.1. The summed E-state index contributed by atoms with van der Waals surface area (Å²) >= 11 is 0. The highest BCUT2D eigenvalue weighted by atomic mass is 31.2. The van der Waals surface area contributed by atoms with Gasteiger partial charge in [-0.15, -0.1) is 0 Å².